The first-order valence-corrected chi connectivity index (χ1v) is 21.0. The van der Waals surface area contributed by atoms with Gasteiger partial charge in [-0.15, -0.1) is 0 Å². The minimum atomic E-state index is 0.00474. The van der Waals surface area contributed by atoms with E-state index in [-0.39, 0.29) is 5.92 Å². The molecule has 2 heteroatoms. The molecule has 0 fully saturated rings. The molecule has 1 unspecified atom stereocenters. The van der Waals surface area contributed by atoms with Gasteiger partial charge in [0.05, 0.1) is 16.7 Å². The van der Waals surface area contributed by atoms with Gasteiger partial charge in [0.2, 0.25) is 0 Å². The normalized spacial score (nSPS) is 12.2. The van der Waals surface area contributed by atoms with Crippen LogP contribution in [0, 0.1) is 0 Å². The number of nitrogens with zero attached hydrogens (tertiary/aromatic N) is 1. The van der Waals surface area contributed by atoms with Crippen molar-refractivity contribution in [3.63, 3.8) is 0 Å². The van der Waals surface area contributed by atoms with Crippen LogP contribution >= 0.6 is 0 Å². The topological polar surface area (TPSA) is 18.1 Å². The largest absolute Gasteiger partial charge is 0.456 e. The van der Waals surface area contributed by atoms with Crippen molar-refractivity contribution in [1.82, 2.24) is 4.57 Å². The highest BCUT2D eigenvalue weighted by atomic mass is 16.3. The van der Waals surface area contributed by atoms with Crippen LogP contribution in [0.2, 0.25) is 0 Å². The monoisotopic (exact) mass is 777 g/mol. The molecule has 0 aliphatic carbocycles. The maximum Gasteiger partial charge on any atom is 0.135 e. The third-order valence-electron chi connectivity index (χ3n) is 12.6. The van der Waals surface area contributed by atoms with E-state index in [1.807, 2.05) is 12.1 Å². The van der Waals surface area contributed by atoms with Gasteiger partial charge in [0.1, 0.15) is 11.2 Å². The molecule has 0 N–H and O–H groups in total. The molecular formula is C59H39NO. The van der Waals surface area contributed by atoms with E-state index in [4.69, 9.17) is 4.42 Å². The number of hydrogen-bond donors (Lipinski definition) is 0. The number of aromatic nitrogens is 1. The van der Waals surface area contributed by atoms with Crippen LogP contribution in [0.4, 0.5) is 0 Å². The van der Waals surface area contributed by atoms with Crippen LogP contribution in [0.3, 0.4) is 0 Å². The molecule has 2 heterocycles. The molecule has 2 aromatic heterocycles. The summed E-state index contributed by atoms with van der Waals surface area (Å²) in [6.45, 7) is 0. The predicted molar refractivity (Wildman–Crippen MR) is 256 cm³/mol. The Kier molecular flexibility index (Phi) is 8.28. The van der Waals surface area contributed by atoms with E-state index in [0.29, 0.717) is 0 Å². The maximum atomic E-state index is 6.42. The molecule has 0 radical (unpaired) electrons. The van der Waals surface area contributed by atoms with Crippen molar-refractivity contribution < 1.29 is 4.42 Å². The first-order valence-electron chi connectivity index (χ1n) is 21.0. The van der Waals surface area contributed by atoms with Crippen molar-refractivity contribution in [3.05, 3.63) is 247 Å². The summed E-state index contributed by atoms with van der Waals surface area (Å²) < 4.78 is 8.87. The summed E-state index contributed by atoms with van der Waals surface area (Å²) in [5, 5.41) is 7.26. The highest BCUT2D eigenvalue weighted by Crippen LogP contribution is 2.41. The zero-order valence-corrected chi connectivity index (χ0v) is 33.4. The fraction of sp³-hybridized carbons (Fsp3) is 0.0169. The van der Waals surface area contributed by atoms with Crippen LogP contribution in [0.15, 0.2) is 235 Å². The molecule has 0 saturated carbocycles. The quantitative estimate of drug-likeness (QED) is 0.147. The number of furan rings is 1. The van der Waals surface area contributed by atoms with E-state index >= 15 is 0 Å². The van der Waals surface area contributed by atoms with Gasteiger partial charge in [0.25, 0.3) is 0 Å². The van der Waals surface area contributed by atoms with Gasteiger partial charge >= 0.3 is 0 Å². The Morgan fingerprint density at radius 1 is 0.311 bits per heavy atom. The average molecular weight is 778 g/mol. The zero-order valence-electron chi connectivity index (χ0n) is 33.4. The summed E-state index contributed by atoms with van der Waals surface area (Å²) in [6.07, 6.45) is 0. The standard InChI is InChI=1S/C59H39NO/c1-2-13-39(14-3-1)40-25-29-43(30-26-40)59(46-34-36-53-52-21-9-11-24-57(52)61-58(53)38-46)44-31-27-42(28-32-44)47-17-6-7-18-48(47)45-33-35-51-50-20-8-10-22-55(50)60(56(51)37-45)54-23-12-16-41-15-4-5-19-49(41)54/h1-38,59H. The van der Waals surface area contributed by atoms with Crippen molar-refractivity contribution in [1.29, 1.82) is 0 Å². The summed E-state index contributed by atoms with van der Waals surface area (Å²) >= 11 is 0. The van der Waals surface area contributed by atoms with Gasteiger partial charge in [-0.3, -0.25) is 0 Å². The van der Waals surface area contributed by atoms with Crippen LogP contribution in [-0.4, -0.2) is 4.57 Å². The molecule has 61 heavy (non-hydrogen) atoms. The van der Waals surface area contributed by atoms with E-state index in [1.165, 1.54) is 88.3 Å². The molecule has 12 rings (SSSR count). The van der Waals surface area contributed by atoms with E-state index < -0.39 is 0 Å². The van der Waals surface area contributed by atoms with Gasteiger partial charge in [0, 0.05) is 32.8 Å². The molecule has 286 valence electrons. The van der Waals surface area contributed by atoms with Gasteiger partial charge in [0.15, 0.2) is 0 Å². The summed E-state index contributed by atoms with van der Waals surface area (Å²) in [7, 11) is 0. The van der Waals surface area contributed by atoms with Crippen molar-refractivity contribution in [2.45, 2.75) is 5.92 Å². The highest BCUT2D eigenvalue weighted by Gasteiger charge is 2.21. The molecule has 0 bridgehead atoms. The third kappa shape index (κ3) is 5.95. The summed E-state index contributed by atoms with van der Waals surface area (Å²) in [6, 6.07) is 83.8. The zero-order chi connectivity index (χ0) is 40.3. The van der Waals surface area contributed by atoms with Gasteiger partial charge in [-0.1, -0.05) is 200 Å². The van der Waals surface area contributed by atoms with Crippen LogP contribution in [0.1, 0.15) is 22.6 Å². The lowest BCUT2D eigenvalue weighted by Gasteiger charge is -2.20. The smallest absolute Gasteiger partial charge is 0.135 e. The first kappa shape index (κ1) is 35.0. The van der Waals surface area contributed by atoms with Crippen LogP contribution in [0.5, 0.6) is 0 Å². The Hall–Kier alpha value is -7.94. The maximum absolute atomic E-state index is 6.42. The second-order valence-corrected chi connectivity index (χ2v) is 16.0. The molecule has 0 aliphatic rings. The van der Waals surface area contributed by atoms with Gasteiger partial charge in [-0.05, 0) is 85.8 Å². The van der Waals surface area contributed by atoms with E-state index in [2.05, 4.69) is 223 Å². The Balaban J connectivity index is 0.965. The Bertz CT molecular complexity index is 3570. The van der Waals surface area contributed by atoms with Crippen molar-refractivity contribution in [2.24, 2.45) is 0 Å². The molecule has 0 spiro atoms. The van der Waals surface area contributed by atoms with E-state index in [9.17, 15) is 0 Å². The van der Waals surface area contributed by atoms with E-state index in [0.717, 1.165) is 21.9 Å². The van der Waals surface area contributed by atoms with Gasteiger partial charge in [-0.2, -0.15) is 0 Å². The predicted octanol–water partition coefficient (Wildman–Crippen LogP) is 16.0. The van der Waals surface area contributed by atoms with Gasteiger partial charge in [-0.25, -0.2) is 0 Å². The first-order chi connectivity index (χ1) is 30.2. The second-order valence-electron chi connectivity index (χ2n) is 16.0. The number of rotatable bonds is 7. The Morgan fingerprint density at radius 3 is 1.66 bits per heavy atom. The van der Waals surface area contributed by atoms with Crippen LogP contribution in [0.25, 0.3) is 93.6 Å². The highest BCUT2D eigenvalue weighted by molar-refractivity contribution is 6.12. The summed E-state index contributed by atoms with van der Waals surface area (Å²) in [4.78, 5) is 0. The molecular weight excluding hydrogens is 739 g/mol. The molecule has 1 atom stereocenters. The summed E-state index contributed by atoms with van der Waals surface area (Å²) in [5.74, 6) is 0.00474. The lowest BCUT2D eigenvalue weighted by atomic mass is 9.83. The molecule has 0 saturated heterocycles. The fourth-order valence-electron chi connectivity index (χ4n) is 9.64. The molecule has 10 aromatic carbocycles. The molecule has 0 amide bonds. The molecule has 0 aliphatic heterocycles. The Morgan fingerprint density at radius 2 is 0.852 bits per heavy atom. The van der Waals surface area contributed by atoms with Crippen molar-refractivity contribution in [3.8, 4) is 39.1 Å². The summed E-state index contributed by atoms with van der Waals surface area (Å²) in [5.41, 5.74) is 16.3. The number of para-hydroxylation sites is 2. The van der Waals surface area contributed by atoms with Crippen LogP contribution in [-0.2, 0) is 0 Å². The lowest BCUT2D eigenvalue weighted by molar-refractivity contribution is 0.668. The minimum absolute atomic E-state index is 0.00474. The molecule has 12 aromatic rings. The Labute approximate surface area is 354 Å². The van der Waals surface area contributed by atoms with Gasteiger partial charge < -0.3 is 8.98 Å². The fourth-order valence-corrected chi connectivity index (χ4v) is 9.64. The van der Waals surface area contributed by atoms with Crippen molar-refractivity contribution >= 4 is 54.5 Å². The number of benzene rings is 10. The third-order valence-corrected chi connectivity index (χ3v) is 12.6. The number of fused-ring (bicyclic) bond motifs is 7. The lowest BCUT2D eigenvalue weighted by Crippen LogP contribution is -2.03. The molecule has 2 nitrogen and oxygen atoms in total. The second kappa shape index (κ2) is 14.4. The van der Waals surface area contributed by atoms with E-state index in [1.54, 1.807) is 0 Å². The minimum Gasteiger partial charge on any atom is -0.456 e. The van der Waals surface area contributed by atoms with Crippen LogP contribution < -0.4 is 0 Å². The SMILES string of the molecule is c1ccc(-c2ccc(C(c3ccc(-c4ccccc4-c4ccc5c6ccccc6n(-c6cccc7ccccc67)c5c4)cc3)c3ccc4c(c3)oc3ccccc34)cc2)cc1. The number of hydrogen-bond acceptors (Lipinski definition) is 1. The van der Waals surface area contributed by atoms with Crippen molar-refractivity contribution in [2.75, 3.05) is 0 Å². The average Bonchev–Trinajstić information content (AvgIpc) is 3.87.